The summed E-state index contributed by atoms with van der Waals surface area (Å²) in [6, 6.07) is 12.9. The Morgan fingerprint density at radius 2 is 2.00 bits per heavy atom. The van der Waals surface area contributed by atoms with Crippen molar-refractivity contribution in [3.63, 3.8) is 0 Å². The molecule has 2 aromatic carbocycles. The Bertz CT molecular complexity index is 1250. The van der Waals surface area contributed by atoms with Gasteiger partial charge in [-0.3, -0.25) is 14.4 Å². The predicted molar refractivity (Wildman–Crippen MR) is 131 cm³/mol. The standard InChI is InChI=1S/C25H27ClN6O2/c1-15-29-30-25-21(12-23(33)31-10-9-16(13-27)14-31)28-24(17-3-5-18(26)6-4-17)20-11-19(34-2)7-8-22(20)32(15)25/h3-8,11,16,21H,9-10,12-14,27H2,1-2H3. The van der Waals surface area contributed by atoms with Crippen molar-refractivity contribution in [3.05, 3.63) is 70.3 Å². The van der Waals surface area contributed by atoms with Gasteiger partial charge >= 0.3 is 0 Å². The molecule has 0 saturated carbocycles. The van der Waals surface area contributed by atoms with Crippen molar-refractivity contribution >= 4 is 23.2 Å². The van der Waals surface area contributed by atoms with Crippen LogP contribution in [0.1, 0.15) is 41.7 Å². The Morgan fingerprint density at radius 1 is 1.21 bits per heavy atom. The monoisotopic (exact) mass is 478 g/mol. The lowest BCUT2D eigenvalue weighted by Gasteiger charge is -2.19. The highest BCUT2D eigenvalue weighted by Crippen LogP contribution is 2.35. The van der Waals surface area contributed by atoms with Gasteiger partial charge in [0.25, 0.3) is 0 Å². The topological polar surface area (TPSA) is 98.6 Å². The minimum Gasteiger partial charge on any atom is -0.497 e. The molecule has 2 aliphatic heterocycles. The van der Waals surface area contributed by atoms with Gasteiger partial charge in [0.15, 0.2) is 5.82 Å². The number of aromatic nitrogens is 3. The second-order valence-electron chi connectivity index (χ2n) is 8.76. The number of nitrogens with zero attached hydrogens (tertiary/aromatic N) is 5. The van der Waals surface area contributed by atoms with E-state index >= 15 is 0 Å². The highest BCUT2D eigenvalue weighted by atomic mass is 35.5. The van der Waals surface area contributed by atoms with Gasteiger partial charge in [0.1, 0.15) is 17.6 Å². The van der Waals surface area contributed by atoms with Crippen LogP contribution < -0.4 is 10.5 Å². The van der Waals surface area contributed by atoms with Crippen molar-refractivity contribution in [1.82, 2.24) is 19.7 Å². The van der Waals surface area contributed by atoms with E-state index in [4.69, 9.17) is 27.1 Å². The lowest BCUT2D eigenvalue weighted by Crippen LogP contribution is -2.31. The van der Waals surface area contributed by atoms with Gasteiger partial charge in [-0.05, 0) is 56.1 Å². The normalized spacial score (nSPS) is 19.3. The maximum absolute atomic E-state index is 13.3. The van der Waals surface area contributed by atoms with Crippen molar-refractivity contribution in [2.45, 2.75) is 25.8 Å². The highest BCUT2D eigenvalue weighted by Gasteiger charge is 2.33. The summed E-state index contributed by atoms with van der Waals surface area (Å²) in [5.74, 6) is 2.50. The van der Waals surface area contributed by atoms with E-state index in [-0.39, 0.29) is 12.3 Å². The Hall–Kier alpha value is -3.23. The van der Waals surface area contributed by atoms with Gasteiger partial charge in [-0.2, -0.15) is 0 Å². The van der Waals surface area contributed by atoms with Crippen LogP contribution in [0.15, 0.2) is 47.5 Å². The number of ether oxygens (including phenoxy) is 1. The summed E-state index contributed by atoms with van der Waals surface area (Å²) < 4.78 is 7.51. The number of rotatable bonds is 5. The molecule has 34 heavy (non-hydrogen) atoms. The minimum atomic E-state index is -0.491. The average molecular weight is 479 g/mol. The molecule has 2 atom stereocenters. The Morgan fingerprint density at radius 3 is 2.71 bits per heavy atom. The number of hydrogen-bond acceptors (Lipinski definition) is 6. The maximum atomic E-state index is 13.3. The van der Waals surface area contributed by atoms with E-state index in [0.29, 0.717) is 35.6 Å². The molecule has 1 aromatic heterocycles. The lowest BCUT2D eigenvalue weighted by molar-refractivity contribution is -0.130. The quantitative estimate of drug-likeness (QED) is 0.606. The van der Waals surface area contributed by atoms with Crippen LogP contribution in [0.5, 0.6) is 5.75 Å². The highest BCUT2D eigenvalue weighted by molar-refractivity contribution is 6.30. The number of methoxy groups -OCH3 is 1. The van der Waals surface area contributed by atoms with E-state index in [1.807, 2.05) is 58.9 Å². The summed E-state index contributed by atoms with van der Waals surface area (Å²) in [6.45, 7) is 3.92. The van der Waals surface area contributed by atoms with Crippen LogP contribution in [0.3, 0.4) is 0 Å². The van der Waals surface area contributed by atoms with E-state index in [0.717, 1.165) is 41.3 Å². The molecule has 3 aromatic rings. The van der Waals surface area contributed by atoms with E-state index in [2.05, 4.69) is 10.2 Å². The number of likely N-dealkylation sites (tertiary alicyclic amines) is 1. The van der Waals surface area contributed by atoms with Crippen molar-refractivity contribution in [1.29, 1.82) is 0 Å². The Labute approximate surface area is 203 Å². The van der Waals surface area contributed by atoms with E-state index in [1.54, 1.807) is 7.11 Å². The van der Waals surface area contributed by atoms with Crippen LogP contribution in [0.25, 0.3) is 5.69 Å². The number of benzene rings is 2. The first-order chi connectivity index (χ1) is 16.5. The third-order valence-electron chi connectivity index (χ3n) is 6.59. The van der Waals surface area contributed by atoms with Crippen LogP contribution in [0.2, 0.25) is 5.02 Å². The number of aliphatic imine (C=N–C) groups is 1. The molecule has 2 unspecified atom stereocenters. The van der Waals surface area contributed by atoms with Gasteiger partial charge in [-0.1, -0.05) is 23.7 Å². The molecule has 0 aliphatic carbocycles. The molecule has 0 radical (unpaired) electrons. The summed E-state index contributed by atoms with van der Waals surface area (Å²) in [4.78, 5) is 20.3. The predicted octanol–water partition coefficient (Wildman–Crippen LogP) is 3.33. The molecule has 9 heteroatoms. The zero-order valence-corrected chi connectivity index (χ0v) is 20.0. The second-order valence-corrected chi connectivity index (χ2v) is 9.20. The summed E-state index contributed by atoms with van der Waals surface area (Å²) in [7, 11) is 1.64. The Kier molecular flexibility index (Phi) is 6.10. The van der Waals surface area contributed by atoms with Gasteiger partial charge in [-0.15, -0.1) is 10.2 Å². The smallest absolute Gasteiger partial charge is 0.225 e. The molecule has 3 heterocycles. The number of amides is 1. The van der Waals surface area contributed by atoms with Crippen LogP contribution in [0.4, 0.5) is 0 Å². The molecule has 2 N–H and O–H groups in total. The van der Waals surface area contributed by atoms with Gasteiger partial charge in [0.05, 0.1) is 24.9 Å². The van der Waals surface area contributed by atoms with Gasteiger partial charge < -0.3 is 15.4 Å². The number of halogens is 1. The first kappa shape index (κ1) is 22.6. The van der Waals surface area contributed by atoms with Gasteiger partial charge in [0.2, 0.25) is 5.91 Å². The fourth-order valence-electron chi connectivity index (χ4n) is 4.72. The maximum Gasteiger partial charge on any atom is 0.225 e. The van der Waals surface area contributed by atoms with Crippen molar-refractivity contribution in [2.75, 3.05) is 26.7 Å². The van der Waals surface area contributed by atoms with E-state index in [1.165, 1.54) is 0 Å². The van der Waals surface area contributed by atoms with Crippen LogP contribution >= 0.6 is 11.6 Å². The van der Waals surface area contributed by atoms with Crippen molar-refractivity contribution < 1.29 is 9.53 Å². The largest absolute Gasteiger partial charge is 0.497 e. The summed E-state index contributed by atoms with van der Waals surface area (Å²) in [6.07, 6.45) is 1.14. The number of carbonyl (C=O) groups is 1. The molecule has 8 nitrogen and oxygen atoms in total. The molecule has 1 fully saturated rings. The molecular formula is C25H27ClN6O2. The first-order valence-corrected chi connectivity index (χ1v) is 11.8. The summed E-state index contributed by atoms with van der Waals surface area (Å²) in [5.41, 5.74) is 9.26. The van der Waals surface area contributed by atoms with Crippen LogP contribution in [-0.4, -0.2) is 58.0 Å². The third kappa shape index (κ3) is 4.08. The van der Waals surface area contributed by atoms with Crippen LogP contribution in [0, 0.1) is 12.8 Å². The molecule has 5 rings (SSSR count). The molecule has 1 saturated heterocycles. The van der Waals surface area contributed by atoms with E-state index in [9.17, 15) is 4.79 Å². The van der Waals surface area contributed by atoms with E-state index < -0.39 is 6.04 Å². The second kappa shape index (κ2) is 9.19. The molecule has 0 bridgehead atoms. The first-order valence-electron chi connectivity index (χ1n) is 11.4. The van der Waals surface area contributed by atoms with Crippen molar-refractivity contribution in [3.8, 4) is 11.4 Å². The summed E-state index contributed by atoms with van der Waals surface area (Å²) in [5, 5.41) is 9.43. The fourth-order valence-corrected chi connectivity index (χ4v) is 4.85. The zero-order chi connectivity index (χ0) is 23.8. The molecular weight excluding hydrogens is 452 g/mol. The molecule has 1 amide bonds. The van der Waals surface area contributed by atoms with Gasteiger partial charge in [0, 0.05) is 29.2 Å². The Balaban J connectivity index is 1.63. The number of hydrogen-bond donors (Lipinski definition) is 1. The molecule has 176 valence electrons. The van der Waals surface area contributed by atoms with Crippen molar-refractivity contribution in [2.24, 2.45) is 16.6 Å². The fraction of sp³-hybridized carbons (Fsp3) is 0.360. The van der Waals surface area contributed by atoms with Gasteiger partial charge in [-0.25, -0.2) is 0 Å². The molecule has 0 spiro atoms. The lowest BCUT2D eigenvalue weighted by atomic mass is 10.00. The third-order valence-corrected chi connectivity index (χ3v) is 6.84. The average Bonchev–Trinajstić information content (AvgIpc) is 3.46. The number of nitrogens with two attached hydrogens (primary N) is 1. The SMILES string of the molecule is COc1ccc2c(c1)C(c1ccc(Cl)cc1)=NC(CC(=O)N1CCC(CN)C1)c1nnc(C)n1-2. The minimum absolute atomic E-state index is 0.0518. The number of carbonyl (C=O) groups excluding carboxylic acids is 1. The number of fused-ring (bicyclic) bond motifs is 3. The zero-order valence-electron chi connectivity index (χ0n) is 19.2. The van der Waals surface area contributed by atoms with Crippen LogP contribution in [-0.2, 0) is 4.79 Å². The molecule has 2 aliphatic rings. The summed E-state index contributed by atoms with van der Waals surface area (Å²) >= 11 is 6.16. The number of aryl methyl sites for hydroxylation is 1.